The molecule has 5 atom stereocenters. The number of amides is 1. The van der Waals surface area contributed by atoms with Gasteiger partial charge < -0.3 is 9.47 Å². The number of nitrogens with one attached hydrogen (secondary N) is 1. The summed E-state index contributed by atoms with van der Waals surface area (Å²) < 4.78 is 11.7. The van der Waals surface area contributed by atoms with Crippen molar-refractivity contribution in [1.82, 2.24) is 9.88 Å². The largest absolute Gasteiger partial charge is 0.497 e. The Morgan fingerprint density at radius 1 is 1.23 bits per heavy atom. The summed E-state index contributed by atoms with van der Waals surface area (Å²) in [5, 5.41) is 4.49. The molecule has 8 heteroatoms. The van der Waals surface area contributed by atoms with Crippen LogP contribution in [0.3, 0.4) is 0 Å². The van der Waals surface area contributed by atoms with E-state index >= 15 is 0 Å². The molecule has 2 bridgehead atoms. The van der Waals surface area contributed by atoms with Crippen molar-refractivity contribution in [2.75, 3.05) is 25.5 Å². The summed E-state index contributed by atoms with van der Waals surface area (Å²) in [4.78, 5) is 20.1. The molecule has 0 aliphatic carbocycles. The van der Waals surface area contributed by atoms with Crippen LogP contribution in [0.4, 0.5) is 10.5 Å². The number of benzene rings is 2. The average Bonchev–Trinajstić information content (AvgIpc) is 2.89. The molecular formula is C27H27Cl2N3O3. The van der Waals surface area contributed by atoms with Gasteiger partial charge in [0.2, 0.25) is 0 Å². The minimum Gasteiger partial charge on any atom is -0.497 e. The molecule has 6 rings (SSSR count). The molecule has 3 saturated heterocycles. The lowest BCUT2D eigenvalue weighted by Crippen LogP contribution is -2.55. The second-order valence-corrected chi connectivity index (χ2v) is 9.92. The van der Waals surface area contributed by atoms with Gasteiger partial charge in [0.25, 0.3) is 0 Å². The van der Waals surface area contributed by atoms with Crippen molar-refractivity contribution in [2.24, 2.45) is 11.8 Å². The number of hydrogen-bond donors (Lipinski definition) is 1. The molecule has 3 fully saturated rings. The van der Waals surface area contributed by atoms with Crippen LogP contribution in [0.15, 0.2) is 61.3 Å². The number of carbonyl (C=O) groups excluding carboxylic acids is 1. The number of halogens is 2. The fraction of sp³-hybridized carbons (Fsp3) is 0.333. The minimum absolute atomic E-state index is 0.0429. The summed E-state index contributed by atoms with van der Waals surface area (Å²) in [6.45, 7) is 5.92. The molecule has 3 aromatic rings. The summed E-state index contributed by atoms with van der Waals surface area (Å²) in [6.07, 6.45) is 4.83. The molecular weight excluding hydrogens is 485 g/mol. The second-order valence-electron chi connectivity index (χ2n) is 9.11. The van der Waals surface area contributed by atoms with Gasteiger partial charge in [0.1, 0.15) is 11.9 Å². The van der Waals surface area contributed by atoms with E-state index in [0.717, 1.165) is 48.1 Å². The first-order valence-electron chi connectivity index (χ1n) is 11.7. The van der Waals surface area contributed by atoms with Crippen LogP contribution in [-0.2, 0) is 4.74 Å². The quantitative estimate of drug-likeness (QED) is 0.371. The highest BCUT2D eigenvalue weighted by Gasteiger charge is 2.44. The summed E-state index contributed by atoms with van der Waals surface area (Å²) in [7, 11) is 1.64. The predicted molar refractivity (Wildman–Crippen MR) is 139 cm³/mol. The zero-order valence-corrected chi connectivity index (χ0v) is 20.9. The highest BCUT2D eigenvalue weighted by molar-refractivity contribution is 6.42. The molecule has 1 aromatic heterocycles. The Balaban J connectivity index is 1.50. The van der Waals surface area contributed by atoms with Gasteiger partial charge >= 0.3 is 6.09 Å². The number of ether oxygens (including phenoxy) is 2. The predicted octanol–water partition coefficient (Wildman–Crippen LogP) is 6.74. The van der Waals surface area contributed by atoms with Gasteiger partial charge in [-0.1, -0.05) is 29.3 Å². The first-order chi connectivity index (χ1) is 17.0. The molecule has 3 aliphatic heterocycles. The van der Waals surface area contributed by atoms with Gasteiger partial charge in [-0.3, -0.25) is 15.2 Å². The topological polar surface area (TPSA) is 63.7 Å². The normalized spacial score (nSPS) is 24.1. The molecule has 0 spiro atoms. The zero-order chi connectivity index (χ0) is 24.5. The number of hydrogen-bond acceptors (Lipinski definition) is 5. The van der Waals surface area contributed by atoms with Crippen LogP contribution < -0.4 is 10.1 Å². The van der Waals surface area contributed by atoms with Crippen LogP contribution in [0.25, 0.3) is 10.9 Å². The molecule has 0 radical (unpaired) electrons. The maximum Gasteiger partial charge on any atom is 0.412 e. The lowest BCUT2D eigenvalue weighted by Gasteiger charge is -2.51. The number of aromatic nitrogens is 1. The third kappa shape index (κ3) is 4.83. The summed E-state index contributed by atoms with van der Waals surface area (Å²) >= 11 is 12.1. The number of anilines is 1. The maximum atomic E-state index is 13.1. The Morgan fingerprint density at radius 2 is 2.09 bits per heavy atom. The van der Waals surface area contributed by atoms with Crippen molar-refractivity contribution in [3.8, 4) is 5.75 Å². The van der Waals surface area contributed by atoms with E-state index in [4.69, 9.17) is 32.7 Å². The molecule has 3 aliphatic rings. The fourth-order valence-electron chi connectivity index (χ4n) is 5.40. The van der Waals surface area contributed by atoms with Crippen molar-refractivity contribution >= 4 is 45.9 Å². The molecule has 6 nitrogen and oxygen atoms in total. The molecule has 2 aromatic carbocycles. The van der Waals surface area contributed by atoms with E-state index in [1.165, 1.54) is 0 Å². The van der Waals surface area contributed by atoms with E-state index < -0.39 is 12.2 Å². The monoisotopic (exact) mass is 511 g/mol. The second kappa shape index (κ2) is 10.1. The van der Waals surface area contributed by atoms with Gasteiger partial charge in [-0.2, -0.15) is 0 Å². The van der Waals surface area contributed by atoms with E-state index in [-0.39, 0.29) is 6.04 Å². The maximum absolute atomic E-state index is 13.1. The van der Waals surface area contributed by atoms with Crippen molar-refractivity contribution in [3.05, 3.63) is 76.9 Å². The van der Waals surface area contributed by atoms with E-state index in [1.807, 2.05) is 24.3 Å². The van der Waals surface area contributed by atoms with Gasteiger partial charge in [0.05, 0.1) is 28.7 Å². The Morgan fingerprint density at radius 3 is 2.80 bits per heavy atom. The first kappa shape index (κ1) is 23.9. The number of piperidine rings is 3. The number of nitrogens with zero attached hydrogens (tertiary/aromatic N) is 2. The lowest BCUT2D eigenvalue weighted by atomic mass is 9.73. The Labute approximate surface area is 214 Å². The highest BCUT2D eigenvalue weighted by atomic mass is 35.5. The van der Waals surface area contributed by atoms with Gasteiger partial charge in [0.15, 0.2) is 0 Å². The van der Waals surface area contributed by atoms with Crippen molar-refractivity contribution in [3.63, 3.8) is 0 Å². The van der Waals surface area contributed by atoms with Crippen molar-refractivity contribution < 1.29 is 14.3 Å². The van der Waals surface area contributed by atoms with Crippen LogP contribution in [0.2, 0.25) is 10.0 Å². The van der Waals surface area contributed by atoms with Gasteiger partial charge in [-0.15, -0.1) is 6.58 Å². The van der Waals surface area contributed by atoms with Crippen LogP contribution in [-0.4, -0.2) is 42.2 Å². The van der Waals surface area contributed by atoms with Gasteiger partial charge in [-0.25, -0.2) is 4.79 Å². The van der Waals surface area contributed by atoms with E-state index in [9.17, 15) is 4.79 Å². The molecule has 35 heavy (non-hydrogen) atoms. The Hall–Kier alpha value is -2.80. The molecule has 182 valence electrons. The molecule has 2 unspecified atom stereocenters. The first-order valence-corrected chi connectivity index (χ1v) is 12.4. The summed E-state index contributed by atoms with van der Waals surface area (Å²) in [6, 6.07) is 12.7. The van der Waals surface area contributed by atoms with Gasteiger partial charge in [0, 0.05) is 29.4 Å². The van der Waals surface area contributed by atoms with Crippen LogP contribution >= 0.6 is 23.2 Å². The van der Waals surface area contributed by atoms with E-state index in [0.29, 0.717) is 27.6 Å². The summed E-state index contributed by atoms with van der Waals surface area (Å²) in [5.74, 6) is 1.71. The highest BCUT2D eigenvalue weighted by Crippen LogP contribution is 2.43. The third-order valence-electron chi connectivity index (χ3n) is 7.19. The fourth-order valence-corrected chi connectivity index (χ4v) is 5.70. The summed E-state index contributed by atoms with van der Waals surface area (Å²) in [5.41, 5.74) is 2.24. The number of carbonyl (C=O) groups is 1. The number of methoxy groups -OCH3 is 1. The number of pyridine rings is 1. The average molecular weight is 512 g/mol. The van der Waals surface area contributed by atoms with E-state index in [1.54, 1.807) is 31.5 Å². The van der Waals surface area contributed by atoms with Crippen molar-refractivity contribution in [1.29, 1.82) is 0 Å². The minimum atomic E-state index is -0.552. The zero-order valence-electron chi connectivity index (χ0n) is 19.4. The Kier molecular flexibility index (Phi) is 6.87. The van der Waals surface area contributed by atoms with Crippen LogP contribution in [0.5, 0.6) is 5.75 Å². The molecule has 4 heterocycles. The molecule has 1 N–H and O–H groups in total. The Bertz CT molecular complexity index is 1270. The standard InChI is InChI=1S/C27H27Cl2N3O3/c1-3-16-15-32-11-9-17(16)12-25(32)26(35-27(33)31-18-4-6-22(28)23(29)13-18)20-8-10-30-24-7-5-19(34-2)14-21(20)24/h3-8,10,13-14,16-17,25-26H,1,9,11-12,15H2,2H3,(H,31,33)/t16-,17?,25-,26+/m0/s1. The van der Waals surface area contributed by atoms with Crippen LogP contribution in [0.1, 0.15) is 24.5 Å². The smallest absolute Gasteiger partial charge is 0.412 e. The molecule has 0 saturated carbocycles. The van der Waals surface area contributed by atoms with Crippen molar-refractivity contribution in [2.45, 2.75) is 25.0 Å². The molecule has 1 amide bonds. The third-order valence-corrected chi connectivity index (χ3v) is 7.93. The van der Waals surface area contributed by atoms with E-state index in [2.05, 4.69) is 27.9 Å². The number of rotatable bonds is 6. The van der Waals surface area contributed by atoms with Crippen LogP contribution in [0, 0.1) is 11.8 Å². The lowest BCUT2D eigenvalue weighted by molar-refractivity contribution is -0.0473. The number of fused-ring (bicyclic) bond motifs is 4. The van der Waals surface area contributed by atoms with Gasteiger partial charge in [-0.05, 0) is 73.7 Å². The SMILES string of the molecule is C=C[C@H]1CN2CCC1C[C@H]2[C@H](OC(=O)Nc1ccc(Cl)c(Cl)c1)c1ccnc2ccc(OC)cc12.